The van der Waals surface area contributed by atoms with Crippen LogP contribution in [0.2, 0.25) is 0 Å². The highest BCUT2D eigenvalue weighted by Gasteiger charge is 2.17. The summed E-state index contributed by atoms with van der Waals surface area (Å²) in [4.78, 5) is 0. The summed E-state index contributed by atoms with van der Waals surface area (Å²) in [6, 6.07) is 5.25. The van der Waals surface area contributed by atoms with Gasteiger partial charge in [0.15, 0.2) is 11.6 Å². The van der Waals surface area contributed by atoms with E-state index in [4.69, 9.17) is 10.5 Å². The highest BCUT2D eigenvalue weighted by atomic mass is 32.2. The number of benzene rings is 1. The lowest BCUT2D eigenvalue weighted by molar-refractivity contribution is 0.387. The smallest absolute Gasteiger partial charge is 0.271 e. The van der Waals surface area contributed by atoms with Crippen molar-refractivity contribution in [1.29, 1.82) is 0 Å². The summed E-state index contributed by atoms with van der Waals surface area (Å²) in [5.74, 6) is -0.587. The normalized spacial score (nSPS) is 11.3. The summed E-state index contributed by atoms with van der Waals surface area (Å²) in [6.07, 6.45) is 0. The third-order valence-corrected chi connectivity index (χ3v) is 5.40. The highest BCUT2D eigenvalue weighted by Crippen LogP contribution is 2.26. The molecule has 0 radical (unpaired) electrons. The minimum atomic E-state index is -3.71. The van der Waals surface area contributed by atoms with Crippen molar-refractivity contribution >= 4 is 27.0 Å². The Balaban J connectivity index is 2.28. The van der Waals surface area contributed by atoms with Crippen LogP contribution in [-0.4, -0.2) is 15.5 Å². The van der Waals surface area contributed by atoms with Crippen LogP contribution >= 0.6 is 11.3 Å². The quantitative estimate of drug-likeness (QED) is 0.885. The van der Waals surface area contributed by atoms with Crippen LogP contribution in [-0.2, 0) is 16.6 Å². The van der Waals surface area contributed by atoms with Crippen molar-refractivity contribution in [3.63, 3.8) is 0 Å². The topological polar surface area (TPSA) is 81.4 Å². The number of thiophene rings is 1. The van der Waals surface area contributed by atoms with Gasteiger partial charge < -0.3 is 10.5 Å². The van der Waals surface area contributed by atoms with Gasteiger partial charge in [-0.25, -0.2) is 12.8 Å². The predicted octanol–water partition coefficient (Wildman–Crippen LogP) is 2.16. The van der Waals surface area contributed by atoms with Crippen LogP contribution in [0.5, 0.6) is 5.75 Å². The fraction of sp³-hybridized carbons (Fsp3) is 0.167. The zero-order valence-electron chi connectivity index (χ0n) is 10.6. The number of methoxy groups -OCH3 is 1. The molecule has 0 bridgehead atoms. The number of ether oxygens (including phenoxy) is 1. The van der Waals surface area contributed by atoms with Gasteiger partial charge in [0.25, 0.3) is 10.0 Å². The molecule has 0 aliphatic carbocycles. The molecular formula is C12H13FN2O3S2. The van der Waals surface area contributed by atoms with E-state index in [1.54, 1.807) is 5.38 Å². The van der Waals surface area contributed by atoms with Crippen LogP contribution in [0.25, 0.3) is 0 Å². The Morgan fingerprint density at radius 3 is 2.75 bits per heavy atom. The fourth-order valence-corrected chi connectivity index (χ4v) is 3.80. The van der Waals surface area contributed by atoms with E-state index in [0.717, 1.165) is 23.0 Å². The van der Waals surface area contributed by atoms with E-state index in [1.807, 2.05) is 0 Å². The number of hydrogen-bond acceptors (Lipinski definition) is 5. The van der Waals surface area contributed by atoms with Gasteiger partial charge >= 0.3 is 0 Å². The van der Waals surface area contributed by atoms with Gasteiger partial charge in [-0.15, -0.1) is 11.3 Å². The summed E-state index contributed by atoms with van der Waals surface area (Å²) in [7, 11) is -2.40. The van der Waals surface area contributed by atoms with E-state index in [9.17, 15) is 12.8 Å². The van der Waals surface area contributed by atoms with E-state index >= 15 is 0 Å². The van der Waals surface area contributed by atoms with Crippen molar-refractivity contribution in [3.8, 4) is 5.75 Å². The molecule has 0 atom stereocenters. The van der Waals surface area contributed by atoms with Gasteiger partial charge in [0.05, 0.1) is 12.8 Å². The largest absolute Gasteiger partial charge is 0.494 e. The van der Waals surface area contributed by atoms with Crippen LogP contribution < -0.4 is 15.2 Å². The Hall–Kier alpha value is -1.64. The van der Waals surface area contributed by atoms with Gasteiger partial charge in [-0.2, -0.15) is 0 Å². The van der Waals surface area contributed by atoms with E-state index in [-0.39, 0.29) is 22.2 Å². The Morgan fingerprint density at radius 2 is 2.15 bits per heavy atom. The maximum absolute atomic E-state index is 13.3. The van der Waals surface area contributed by atoms with Crippen molar-refractivity contribution in [3.05, 3.63) is 41.0 Å². The molecule has 108 valence electrons. The maximum atomic E-state index is 13.3. The van der Waals surface area contributed by atoms with Crippen LogP contribution in [0, 0.1) is 5.82 Å². The average molecular weight is 316 g/mol. The zero-order chi connectivity index (χ0) is 14.8. The van der Waals surface area contributed by atoms with Crippen LogP contribution in [0.15, 0.2) is 33.9 Å². The monoisotopic (exact) mass is 316 g/mol. The molecule has 2 rings (SSSR count). The summed E-state index contributed by atoms with van der Waals surface area (Å²) in [5, 5.41) is 1.68. The number of hydrogen-bond donors (Lipinski definition) is 2. The van der Waals surface area contributed by atoms with Crippen LogP contribution in [0.4, 0.5) is 10.1 Å². The lowest BCUT2D eigenvalue weighted by atomic mass is 10.3. The second-order valence-corrected chi connectivity index (χ2v) is 6.75. The molecule has 1 aromatic carbocycles. The number of nitrogens with one attached hydrogen (secondary N) is 1. The molecule has 0 aliphatic heterocycles. The second kappa shape index (κ2) is 5.78. The van der Waals surface area contributed by atoms with Crippen molar-refractivity contribution in [2.75, 3.05) is 11.8 Å². The maximum Gasteiger partial charge on any atom is 0.271 e. The van der Waals surface area contributed by atoms with E-state index in [0.29, 0.717) is 0 Å². The van der Waals surface area contributed by atoms with Gasteiger partial charge in [-0.1, -0.05) is 0 Å². The third kappa shape index (κ3) is 3.09. The van der Waals surface area contributed by atoms with Gasteiger partial charge in [0.2, 0.25) is 0 Å². The Labute approximate surface area is 120 Å². The lowest BCUT2D eigenvalue weighted by Crippen LogP contribution is -2.11. The molecule has 0 unspecified atom stereocenters. The third-order valence-electron chi connectivity index (χ3n) is 2.53. The molecule has 0 fully saturated rings. The molecular weight excluding hydrogens is 303 g/mol. The molecule has 20 heavy (non-hydrogen) atoms. The molecule has 0 aliphatic rings. The molecule has 2 aromatic rings. The SMILES string of the molecule is COc1cc(NS(=O)(=O)c2cc(CN)cs2)ccc1F. The van der Waals surface area contributed by atoms with E-state index in [2.05, 4.69) is 4.72 Å². The summed E-state index contributed by atoms with van der Waals surface area (Å²) in [6.45, 7) is 0.274. The first-order valence-corrected chi connectivity index (χ1v) is 7.96. The molecule has 1 aromatic heterocycles. The molecule has 5 nitrogen and oxygen atoms in total. The van der Waals surface area contributed by atoms with E-state index in [1.165, 1.54) is 25.3 Å². The predicted molar refractivity (Wildman–Crippen MR) is 76.0 cm³/mol. The molecule has 0 amide bonds. The van der Waals surface area contributed by atoms with Gasteiger partial charge in [0, 0.05) is 12.6 Å². The number of halogens is 1. The average Bonchev–Trinajstić information content (AvgIpc) is 2.90. The van der Waals surface area contributed by atoms with E-state index < -0.39 is 15.8 Å². The van der Waals surface area contributed by atoms with Crippen LogP contribution in [0.1, 0.15) is 5.56 Å². The Bertz CT molecular complexity index is 713. The first kappa shape index (κ1) is 14.8. The van der Waals surface area contributed by atoms with Gasteiger partial charge in [-0.05, 0) is 29.1 Å². The molecule has 8 heteroatoms. The molecule has 0 saturated carbocycles. The second-order valence-electron chi connectivity index (χ2n) is 3.93. The summed E-state index contributed by atoms with van der Waals surface area (Å²) < 4.78 is 44.9. The first-order chi connectivity index (χ1) is 9.46. The standard InChI is InChI=1S/C12H13FN2O3S2/c1-18-11-5-9(2-3-10(11)13)15-20(16,17)12-4-8(6-14)7-19-12/h2-5,7,15H,6,14H2,1H3. The number of nitrogens with two attached hydrogens (primary N) is 1. The van der Waals surface area contributed by atoms with Crippen molar-refractivity contribution < 1.29 is 17.5 Å². The summed E-state index contributed by atoms with van der Waals surface area (Å²) in [5.41, 5.74) is 6.42. The first-order valence-electron chi connectivity index (χ1n) is 5.60. The molecule has 1 heterocycles. The molecule has 3 N–H and O–H groups in total. The zero-order valence-corrected chi connectivity index (χ0v) is 12.2. The van der Waals surface area contributed by atoms with Crippen molar-refractivity contribution in [2.45, 2.75) is 10.8 Å². The molecule has 0 saturated heterocycles. The number of anilines is 1. The lowest BCUT2D eigenvalue weighted by Gasteiger charge is -2.08. The summed E-state index contributed by atoms with van der Waals surface area (Å²) >= 11 is 1.08. The van der Waals surface area contributed by atoms with Crippen molar-refractivity contribution in [2.24, 2.45) is 5.73 Å². The molecule has 0 spiro atoms. The fourth-order valence-electron chi connectivity index (χ4n) is 1.53. The Morgan fingerprint density at radius 1 is 1.40 bits per heavy atom. The van der Waals surface area contributed by atoms with Gasteiger partial charge in [-0.3, -0.25) is 4.72 Å². The van der Waals surface area contributed by atoms with Crippen LogP contribution in [0.3, 0.4) is 0 Å². The minimum absolute atomic E-state index is 0.0287. The Kier molecular flexibility index (Phi) is 4.26. The highest BCUT2D eigenvalue weighted by molar-refractivity contribution is 7.94. The minimum Gasteiger partial charge on any atom is -0.494 e. The van der Waals surface area contributed by atoms with Crippen molar-refractivity contribution in [1.82, 2.24) is 0 Å². The number of sulfonamides is 1. The van der Waals surface area contributed by atoms with Gasteiger partial charge in [0.1, 0.15) is 4.21 Å². The number of rotatable bonds is 5.